The Balaban J connectivity index is 4.25. The van der Waals surface area contributed by atoms with Crippen LogP contribution in [0.2, 0.25) is 0 Å². The number of amides is 1. The molecule has 0 saturated heterocycles. The van der Waals surface area contributed by atoms with Gasteiger partial charge in [-0.1, -0.05) is 13.3 Å². The number of nitrogens with zero attached hydrogens (tertiary/aromatic N) is 1. The standard InChI is InChI=1S/C10H23N3O3/c1-4-5-9(10(15)12-11)13(2)6-8(14)7-16-3/h8-9,14H,4-7,11H2,1-3H3,(H,12,15). The van der Waals surface area contributed by atoms with Crippen LogP contribution in [-0.2, 0) is 9.53 Å². The largest absolute Gasteiger partial charge is 0.389 e. The molecule has 16 heavy (non-hydrogen) atoms. The van der Waals surface area contributed by atoms with Crippen molar-refractivity contribution >= 4 is 5.91 Å². The average Bonchev–Trinajstić information content (AvgIpc) is 2.24. The first-order valence-electron chi connectivity index (χ1n) is 5.44. The number of carbonyl (C=O) groups excluding carboxylic acids is 1. The molecule has 2 unspecified atom stereocenters. The van der Waals surface area contributed by atoms with Crippen LogP contribution in [0.5, 0.6) is 0 Å². The quantitative estimate of drug-likeness (QED) is 0.287. The van der Waals surface area contributed by atoms with Gasteiger partial charge in [-0.15, -0.1) is 0 Å². The number of likely N-dealkylation sites (N-methyl/N-ethyl adjacent to an activating group) is 1. The molecule has 6 nitrogen and oxygen atoms in total. The van der Waals surface area contributed by atoms with E-state index in [0.29, 0.717) is 13.0 Å². The molecule has 0 aliphatic heterocycles. The number of nitrogens with one attached hydrogen (secondary N) is 1. The van der Waals surface area contributed by atoms with Crippen molar-refractivity contribution in [2.24, 2.45) is 5.84 Å². The second-order valence-corrected chi connectivity index (χ2v) is 3.86. The summed E-state index contributed by atoms with van der Waals surface area (Å²) in [6.07, 6.45) is 0.988. The molecule has 4 N–H and O–H groups in total. The van der Waals surface area contributed by atoms with Gasteiger partial charge in [-0.05, 0) is 13.5 Å². The smallest absolute Gasteiger partial charge is 0.251 e. The summed E-state index contributed by atoms with van der Waals surface area (Å²) in [4.78, 5) is 13.3. The molecule has 0 aromatic heterocycles. The Kier molecular flexibility index (Phi) is 8.10. The number of methoxy groups -OCH3 is 1. The number of aliphatic hydroxyl groups is 1. The predicted molar refractivity (Wildman–Crippen MR) is 61.5 cm³/mol. The minimum Gasteiger partial charge on any atom is -0.389 e. The maximum Gasteiger partial charge on any atom is 0.251 e. The van der Waals surface area contributed by atoms with E-state index in [4.69, 9.17) is 10.6 Å². The maximum absolute atomic E-state index is 11.5. The monoisotopic (exact) mass is 233 g/mol. The molecule has 1 amide bonds. The van der Waals surface area contributed by atoms with E-state index in [0.717, 1.165) is 6.42 Å². The molecule has 0 fully saturated rings. The molecule has 96 valence electrons. The Hall–Kier alpha value is -0.690. The van der Waals surface area contributed by atoms with Gasteiger partial charge >= 0.3 is 0 Å². The van der Waals surface area contributed by atoms with Gasteiger partial charge in [-0.2, -0.15) is 0 Å². The lowest BCUT2D eigenvalue weighted by atomic mass is 10.1. The van der Waals surface area contributed by atoms with Gasteiger partial charge in [-0.3, -0.25) is 15.1 Å². The molecule has 0 heterocycles. The number of carbonyl (C=O) groups is 1. The first-order valence-corrected chi connectivity index (χ1v) is 5.44. The Morgan fingerprint density at radius 2 is 2.25 bits per heavy atom. The fourth-order valence-electron chi connectivity index (χ4n) is 1.63. The summed E-state index contributed by atoms with van der Waals surface area (Å²) in [6.45, 7) is 2.63. The highest BCUT2D eigenvalue weighted by Gasteiger charge is 2.23. The fourth-order valence-corrected chi connectivity index (χ4v) is 1.63. The minimum atomic E-state index is -0.597. The third-order valence-electron chi connectivity index (χ3n) is 2.40. The van der Waals surface area contributed by atoms with E-state index in [9.17, 15) is 9.90 Å². The Labute approximate surface area is 96.7 Å². The van der Waals surface area contributed by atoms with Crippen molar-refractivity contribution in [3.05, 3.63) is 0 Å². The van der Waals surface area contributed by atoms with E-state index in [1.54, 1.807) is 11.9 Å². The summed E-state index contributed by atoms with van der Waals surface area (Å²) in [5, 5.41) is 9.56. The predicted octanol–water partition coefficient (Wildman–Crippen LogP) is -0.916. The van der Waals surface area contributed by atoms with E-state index >= 15 is 0 Å². The normalized spacial score (nSPS) is 14.9. The second kappa shape index (κ2) is 8.46. The Morgan fingerprint density at radius 3 is 2.69 bits per heavy atom. The van der Waals surface area contributed by atoms with Gasteiger partial charge in [0.15, 0.2) is 0 Å². The summed E-state index contributed by atoms with van der Waals surface area (Å²) < 4.78 is 4.83. The number of hydrogen-bond acceptors (Lipinski definition) is 5. The van der Waals surface area contributed by atoms with Crippen LogP contribution in [0.15, 0.2) is 0 Å². The molecule has 0 saturated carbocycles. The van der Waals surface area contributed by atoms with Gasteiger partial charge in [0, 0.05) is 13.7 Å². The number of aliphatic hydroxyl groups excluding tert-OH is 1. The van der Waals surface area contributed by atoms with Gasteiger partial charge in [-0.25, -0.2) is 5.84 Å². The third kappa shape index (κ3) is 5.41. The van der Waals surface area contributed by atoms with Crippen LogP contribution in [0.4, 0.5) is 0 Å². The SMILES string of the molecule is CCCC(C(=O)NN)N(C)CC(O)COC. The number of rotatable bonds is 8. The number of hydrazine groups is 1. The summed E-state index contributed by atoms with van der Waals surface area (Å²) in [7, 11) is 3.31. The van der Waals surface area contributed by atoms with Crippen molar-refractivity contribution in [1.82, 2.24) is 10.3 Å². The van der Waals surface area contributed by atoms with Crippen molar-refractivity contribution in [2.45, 2.75) is 31.9 Å². The molecule has 0 aliphatic carbocycles. The molecule has 0 radical (unpaired) electrons. The van der Waals surface area contributed by atoms with E-state index in [1.165, 1.54) is 7.11 Å². The number of nitrogens with two attached hydrogens (primary N) is 1. The maximum atomic E-state index is 11.5. The highest BCUT2D eigenvalue weighted by atomic mass is 16.5. The van der Waals surface area contributed by atoms with E-state index in [1.807, 2.05) is 6.92 Å². The molecule has 6 heteroatoms. The number of ether oxygens (including phenoxy) is 1. The third-order valence-corrected chi connectivity index (χ3v) is 2.40. The van der Waals surface area contributed by atoms with Gasteiger partial charge < -0.3 is 9.84 Å². The second-order valence-electron chi connectivity index (χ2n) is 3.86. The highest BCUT2D eigenvalue weighted by Crippen LogP contribution is 2.06. The molecule has 0 spiro atoms. The summed E-state index contributed by atoms with van der Waals surface area (Å²) in [5.74, 6) is 4.89. The topological polar surface area (TPSA) is 87.8 Å². The zero-order valence-electron chi connectivity index (χ0n) is 10.3. The Morgan fingerprint density at radius 1 is 1.62 bits per heavy atom. The zero-order valence-corrected chi connectivity index (χ0v) is 10.3. The molecular formula is C10H23N3O3. The molecule has 2 atom stereocenters. The van der Waals surface area contributed by atoms with Crippen molar-refractivity contribution in [3.8, 4) is 0 Å². The molecular weight excluding hydrogens is 210 g/mol. The minimum absolute atomic E-state index is 0.228. The Bertz CT molecular complexity index is 202. The molecule has 0 aliphatic rings. The van der Waals surface area contributed by atoms with Crippen LogP contribution >= 0.6 is 0 Å². The summed E-state index contributed by atoms with van der Waals surface area (Å²) in [6, 6.07) is -0.304. The fraction of sp³-hybridized carbons (Fsp3) is 0.900. The summed E-state index contributed by atoms with van der Waals surface area (Å²) in [5.41, 5.74) is 2.14. The van der Waals surface area contributed by atoms with Gasteiger partial charge in [0.2, 0.25) is 0 Å². The zero-order chi connectivity index (χ0) is 12.6. The lowest BCUT2D eigenvalue weighted by molar-refractivity contribution is -0.126. The number of hydrogen-bond donors (Lipinski definition) is 3. The molecule has 0 rings (SSSR count). The lowest BCUT2D eigenvalue weighted by Gasteiger charge is -2.27. The molecule has 0 aromatic rings. The van der Waals surface area contributed by atoms with Crippen LogP contribution in [0.3, 0.4) is 0 Å². The van der Waals surface area contributed by atoms with Crippen LogP contribution in [0, 0.1) is 0 Å². The van der Waals surface area contributed by atoms with Crippen LogP contribution in [0.1, 0.15) is 19.8 Å². The summed E-state index contributed by atoms with van der Waals surface area (Å²) >= 11 is 0. The highest BCUT2D eigenvalue weighted by molar-refractivity contribution is 5.81. The average molecular weight is 233 g/mol. The van der Waals surface area contributed by atoms with Crippen LogP contribution < -0.4 is 11.3 Å². The van der Waals surface area contributed by atoms with E-state index in [-0.39, 0.29) is 18.6 Å². The van der Waals surface area contributed by atoms with Crippen LogP contribution in [0.25, 0.3) is 0 Å². The van der Waals surface area contributed by atoms with E-state index < -0.39 is 6.10 Å². The lowest BCUT2D eigenvalue weighted by Crippen LogP contribution is -2.49. The van der Waals surface area contributed by atoms with Gasteiger partial charge in [0.1, 0.15) is 0 Å². The van der Waals surface area contributed by atoms with Gasteiger partial charge in [0.05, 0.1) is 18.8 Å². The van der Waals surface area contributed by atoms with Crippen molar-refractivity contribution < 1.29 is 14.6 Å². The first-order chi connectivity index (χ1) is 7.56. The van der Waals surface area contributed by atoms with Crippen molar-refractivity contribution in [1.29, 1.82) is 0 Å². The first kappa shape index (κ1) is 15.3. The van der Waals surface area contributed by atoms with Crippen molar-refractivity contribution in [2.75, 3.05) is 27.3 Å². The van der Waals surface area contributed by atoms with E-state index in [2.05, 4.69) is 5.43 Å². The molecule has 0 bridgehead atoms. The van der Waals surface area contributed by atoms with Crippen molar-refractivity contribution in [3.63, 3.8) is 0 Å². The van der Waals surface area contributed by atoms with Gasteiger partial charge in [0.25, 0.3) is 5.91 Å². The molecule has 0 aromatic carbocycles. The van der Waals surface area contributed by atoms with Crippen LogP contribution in [-0.4, -0.2) is 55.4 Å².